The summed E-state index contributed by atoms with van der Waals surface area (Å²) in [5, 5.41) is 2.75. The number of benzene rings is 2. The summed E-state index contributed by atoms with van der Waals surface area (Å²) < 4.78 is 12.4. The van der Waals surface area contributed by atoms with E-state index in [1.54, 1.807) is 50.7 Å². The molecule has 0 bridgehead atoms. The molecule has 0 fully saturated rings. The topological polar surface area (TPSA) is 69.6 Å². The first-order chi connectivity index (χ1) is 12.6. The fraction of sp³-hybridized carbons (Fsp3) is 0.100. The number of aryl methyl sites for hydroxylation is 1. The molecule has 0 unspecified atom stereocenters. The van der Waals surface area contributed by atoms with Gasteiger partial charge in [-0.25, -0.2) is 0 Å². The highest BCUT2D eigenvalue weighted by Gasteiger charge is 2.08. The number of rotatable bonds is 5. The Morgan fingerprint density at radius 1 is 1.00 bits per heavy atom. The summed E-state index contributed by atoms with van der Waals surface area (Å²) in [4.78, 5) is 23.9. The quantitative estimate of drug-likeness (QED) is 0.765. The molecule has 3 rings (SSSR count). The van der Waals surface area contributed by atoms with E-state index in [4.69, 9.17) is 9.47 Å². The van der Waals surface area contributed by atoms with Crippen LogP contribution in [0, 0.1) is 0 Å². The zero-order valence-corrected chi connectivity index (χ0v) is 14.4. The first-order valence-electron chi connectivity index (χ1n) is 7.96. The highest BCUT2D eigenvalue weighted by molar-refractivity contribution is 6.04. The van der Waals surface area contributed by atoms with Crippen molar-refractivity contribution in [2.75, 3.05) is 12.4 Å². The van der Waals surface area contributed by atoms with Gasteiger partial charge in [-0.15, -0.1) is 0 Å². The third kappa shape index (κ3) is 3.92. The zero-order valence-electron chi connectivity index (χ0n) is 14.4. The SMILES string of the molecule is COc1ccccc1Oc1ccc(NC(=O)c2ccn(C)c(=O)c2)cc1. The lowest BCUT2D eigenvalue weighted by atomic mass is 10.2. The van der Waals surface area contributed by atoms with Gasteiger partial charge in [0, 0.05) is 30.6 Å². The second-order valence-electron chi connectivity index (χ2n) is 5.60. The molecule has 0 aliphatic heterocycles. The number of pyridine rings is 1. The summed E-state index contributed by atoms with van der Waals surface area (Å²) in [5.74, 6) is 1.50. The maximum Gasteiger partial charge on any atom is 0.255 e. The summed E-state index contributed by atoms with van der Waals surface area (Å²) in [5.41, 5.74) is 0.670. The van der Waals surface area contributed by atoms with E-state index < -0.39 is 0 Å². The number of methoxy groups -OCH3 is 1. The molecular formula is C20H18N2O4. The van der Waals surface area contributed by atoms with Crippen LogP contribution in [0.1, 0.15) is 10.4 Å². The Bertz CT molecular complexity index is 978. The molecule has 0 spiro atoms. The third-order valence-electron chi connectivity index (χ3n) is 3.78. The summed E-state index contributed by atoms with van der Waals surface area (Å²) in [6.07, 6.45) is 1.56. The number of nitrogens with zero attached hydrogens (tertiary/aromatic N) is 1. The standard InChI is InChI=1S/C20H18N2O4/c1-22-12-11-14(13-19(22)23)20(24)21-15-7-9-16(10-8-15)26-18-6-4-3-5-17(18)25-2/h3-13H,1-2H3,(H,21,24). The maximum absolute atomic E-state index is 12.2. The minimum absolute atomic E-state index is 0.238. The number of aromatic nitrogens is 1. The molecule has 3 aromatic rings. The van der Waals surface area contributed by atoms with E-state index in [9.17, 15) is 9.59 Å². The molecule has 1 N–H and O–H groups in total. The summed E-state index contributed by atoms with van der Waals surface area (Å²) in [6.45, 7) is 0. The number of nitrogens with one attached hydrogen (secondary N) is 1. The van der Waals surface area contributed by atoms with Crippen molar-refractivity contribution in [3.05, 3.63) is 82.8 Å². The van der Waals surface area contributed by atoms with Gasteiger partial charge in [-0.1, -0.05) is 12.1 Å². The number of para-hydroxylation sites is 2. The van der Waals surface area contributed by atoms with Gasteiger partial charge < -0.3 is 19.4 Å². The number of amides is 1. The van der Waals surface area contributed by atoms with Gasteiger partial charge >= 0.3 is 0 Å². The van der Waals surface area contributed by atoms with Crippen LogP contribution in [-0.2, 0) is 7.05 Å². The van der Waals surface area contributed by atoms with Crippen molar-refractivity contribution in [3.8, 4) is 17.2 Å². The molecule has 26 heavy (non-hydrogen) atoms. The van der Waals surface area contributed by atoms with E-state index in [0.29, 0.717) is 28.5 Å². The number of hydrogen-bond acceptors (Lipinski definition) is 4. The smallest absolute Gasteiger partial charge is 0.255 e. The molecule has 0 aliphatic rings. The Hall–Kier alpha value is -3.54. The fourth-order valence-electron chi connectivity index (χ4n) is 2.33. The molecule has 0 aliphatic carbocycles. The van der Waals surface area contributed by atoms with Gasteiger partial charge in [0.1, 0.15) is 5.75 Å². The number of ether oxygens (including phenoxy) is 2. The lowest BCUT2D eigenvalue weighted by Gasteiger charge is -2.11. The van der Waals surface area contributed by atoms with Gasteiger partial charge in [0.25, 0.3) is 11.5 Å². The minimum Gasteiger partial charge on any atom is -0.493 e. The van der Waals surface area contributed by atoms with Crippen molar-refractivity contribution < 1.29 is 14.3 Å². The molecule has 132 valence electrons. The molecule has 0 atom stereocenters. The van der Waals surface area contributed by atoms with Crippen LogP contribution in [-0.4, -0.2) is 17.6 Å². The number of carbonyl (C=O) groups is 1. The van der Waals surface area contributed by atoms with Crippen molar-refractivity contribution in [1.82, 2.24) is 4.57 Å². The highest BCUT2D eigenvalue weighted by atomic mass is 16.5. The monoisotopic (exact) mass is 350 g/mol. The largest absolute Gasteiger partial charge is 0.493 e. The first-order valence-corrected chi connectivity index (χ1v) is 7.96. The Morgan fingerprint density at radius 2 is 1.69 bits per heavy atom. The first kappa shape index (κ1) is 17.3. The summed E-state index contributed by atoms with van der Waals surface area (Å²) in [6, 6.07) is 17.2. The number of hydrogen-bond donors (Lipinski definition) is 1. The van der Waals surface area contributed by atoms with Crippen LogP contribution >= 0.6 is 0 Å². The molecule has 1 heterocycles. The third-order valence-corrected chi connectivity index (χ3v) is 3.78. The second-order valence-corrected chi connectivity index (χ2v) is 5.60. The Morgan fingerprint density at radius 3 is 2.35 bits per heavy atom. The van der Waals surface area contributed by atoms with Crippen LogP contribution in [0.5, 0.6) is 17.2 Å². The average Bonchev–Trinajstić information content (AvgIpc) is 2.66. The molecule has 1 aromatic heterocycles. The van der Waals surface area contributed by atoms with Crippen molar-refractivity contribution in [3.63, 3.8) is 0 Å². The molecule has 0 saturated carbocycles. The van der Waals surface area contributed by atoms with Gasteiger partial charge in [-0.2, -0.15) is 0 Å². The van der Waals surface area contributed by atoms with Crippen molar-refractivity contribution >= 4 is 11.6 Å². The van der Waals surface area contributed by atoms with Crippen molar-refractivity contribution in [2.45, 2.75) is 0 Å². The van der Waals surface area contributed by atoms with Crippen LogP contribution in [0.4, 0.5) is 5.69 Å². The molecule has 2 aromatic carbocycles. The molecule has 6 heteroatoms. The summed E-state index contributed by atoms with van der Waals surface area (Å²) >= 11 is 0. The van der Waals surface area contributed by atoms with E-state index in [1.807, 2.05) is 24.3 Å². The lowest BCUT2D eigenvalue weighted by Crippen LogP contribution is -2.19. The molecule has 6 nitrogen and oxygen atoms in total. The fourth-order valence-corrected chi connectivity index (χ4v) is 2.33. The predicted molar refractivity (Wildman–Crippen MR) is 99.1 cm³/mol. The molecule has 1 amide bonds. The van der Waals surface area contributed by atoms with Gasteiger partial charge in [0.05, 0.1) is 7.11 Å². The van der Waals surface area contributed by atoms with Crippen LogP contribution in [0.2, 0.25) is 0 Å². The maximum atomic E-state index is 12.2. The van der Waals surface area contributed by atoms with Crippen LogP contribution in [0.3, 0.4) is 0 Å². The van der Waals surface area contributed by atoms with Crippen LogP contribution < -0.4 is 20.3 Å². The van der Waals surface area contributed by atoms with Crippen LogP contribution in [0.25, 0.3) is 0 Å². The van der Waals surface area contributed by atoms with Gasteiger partial charge in [0.15, 0.2) is 11.5 Å². The number of anilines is 1. The number of carbonyl (C=O) groups excluding carboxylic acids is 1. The van der Waals surface area contributed by atoms with E-state index in [1.165, 1.54) is 10.6 Å². The average molecular weight is 350 g/mol. The molecular weight excluding hydrogens is 332 g/mol. The van der Waals surface area contributed by atoms with Gasteiger partial charge in [-0.05, 0) is 42.5 Å². The second kappa shape index (κ2) is 7.57. The Labute approximate surface area is 150 Å². The minimum atomic E-state index is -0.346. The highest BCUT2D eigenvalue weighted by Crippen LogP contribution is 2.31. The van der Waals surface area contributed by atoms with Gasteiger partial charge in [-0.3, -0.25) is 9.59 Å². The Kier molecular flexibility index (Phi) is 5.03. The summed E-state index contributed by atoms with van der Waals surface area (Å²) in [7, 11) is 3.21. The normalized spacial score (nSPS) is 10.2. The van der Waals surface area contributed by atoms with Crippen molar-refractivity contribution in [2.24, 2.45) is 7.05 Å². The van der Waals surface area contributed by atoms with E-state index in [2.05, 4.69) is 5.32 Å². The van der Waals surface area contributed by atoms with Crippen LogP contribution in [0.15, 0.2) is 71.7 Å². The van der Waals surface area contributed by atoms with Crippen molar-refractivity contribution in [1.29, 1.82) is 0 Å². The Balaban J connectivity index is 1.70. The molecule has 0 radical (unpaired) electrons. The van der Waals surface area contributed by atoms with Gasteiger partial charge in [0.2, 0.25) is 0 Å². The van der Waals surface area contributed by atoms with E-state index in [-0.39, 0.29) is 11.5 Å². The lowest BCUT2D eigenvalue weighted by molar-refractivity contribution is 0.102. The van der Waals surface area contributed by atoms with E-state index >= 15 is 0 Å². The predicted octanol–water partition coefficient (Wildman–Crippen LogP) is 3.44. The zero-order chi connectivity index (χ0) is 18.5. The molecule has 0 saturated heterocycles. The van der Waals surface area contributed by atoms with E-state index in [0.717, 1.165) is 0 Å².